The Hall–Kier alpha value is -1.68. The van der Waals surface area contributed by atoms with Crippen LogP contribution >= 0.6 is 0 Å². The molecule has 2 heterocycles. The lowest BCUT2D eigenvalue weighted by Crippen LogP contribution is -2.67. The zero-order valence-electron chi connectivity index (χ0n) is 19.0. The van der Waals surface area contributed by atoms with Gasteiger partial charge in [-0.2, -0.15) is 4.31 Å². The average molecular weight is 450 g/mol. The van der Waals surface area contributed by atoms with E-state index in [2.05, 4.69) is 34.4 Å². The van der Waals surface area contributed by atoms with Crippen LogP contribution in [-0.2, 0) is 21.3 Å². The van der Waals surface area contributed by atoms with E-state index < -0.39 is 10.0 Å². The molecule has 8 nitrogen and oxygen atoms in total. The van der Waals surface area contributed by atoms with Crippen molar-refractivity contribution in [3.63, 3.8) is 0 Å². The summed E-state index contributed by atoms with van der Waals surface area (Å²) < 4.78 is 34.1. The Labute approximate surface area is 186 Å². The fourth-order valence-corrected chi connectivity index (χ4v) is 6.85. The monoisotopic (exact) mass is 449 g/mol. The Morgan fingerprint density at radius 2 is 1.94 bits per heavy atom. The second kappa shape index (κ2) is 8.69. The van der Waals surface area contributed by atoms with Crippen molar-refractivity contribution in [2.24, 2.45) is 16.3 Å². The first-order valence-electron chi connectivity index (χ1n) is 11.1. The molecule has 0 aromatic heterocycles. The van der Waals surface area contributed by atoms with Crippen LogP contribution in [0.5, 0.6) is 0 Å². The highest BCUT2D eigenvalue weighted by Crippen LogP contribution is 2.52. The van der Waals surface area contributed by atoms with Gasteiger partial charge in [0.05, 0.1) is 11.0 Å². The number of piperazine rings is 1. The Morgan fingerprint density at radius 3 is 2.65 bits per heavy atom. The molecule has 1 aromatic carbocycles. The average Bonchev–Trinajstić information content (AvgIpc) is 3.21. The van der Waals surface area contributed by atoms with E-state index in [1.54, 1.807) is 23.5 Å². The minimum absolute atomic E-state index is 0.0431. The third kappa shape index (κ3) is 4.20. The van der Waals surface area contributed by atoms with Crippen LogP contribution in [0.2, 0.25) is 0 Å². The summed E-state index contributed by atoms with van der Waals surface area (Å²) in [6, 6.07) is 7.53. The second-order valence-corrected chi connectivity index (χ2v) is 11.3. The Kier molecular flexibility index (Phi) is 6.31. The van der Waals surface area contributed by atoms with E-state index >= 15 is 0 Å². The molecule has 0 spiro atoms. The number of benzene rings is 1. The van der Waals surface area contributed by atoms with E-state index in [9.17, 15) is 8.42 Å². The summed E-state index contributed by atoms with van der Waals surface area (Å²) >= 11 is 0. The van der Waals surface area contributed by atoms with Crippen molar-refractivity contribution in [1.29, 1.82) is 0 Å². The van der Waals surface area contributed by atoms with Gasteiger partial charge < -0.3 is 20.3 Å². The van der Waals surface area contributed by atoms with E-state index in [1.807, 2.05) is 19.2 Å². The smallest absolute Gasteiger partial charge is 0.243 e. The molecule has 2 aliphatic heterocycles. The Morgan fingerprint density at radius 1 is 1.23 bits per heavy atom. The van der Waals surface area contributed by atoms with Gasteiger partial charge in [-0.3, -0.25) is 4.99 Å². The number of ether oxygens (including phenoxy) is 1. The van der Waals surface area contributed by atoms with Crippen LogP contribution < -0.4 is 10.6 Å². The number of sulfonamides is 1. The first-order valence-corrected chi connectivity index (χ1v) is 12.5. The molecule has 0 bridgehead atoms. The number of nitrogens with zero attached hydrogens (tertiary/aromatic N) is 3. The number of aliphatic imine (C=N–C) groups is 1. The van der Waals surface area contributed by atoms with Gasteiger partial charge in [0.25, 0.3) is 0 Å². The van der Waals surface area contributed by atoms with Crippen LogP contribution in [0.3, 0.4) is 0 Å². The molecule has 9 heteroatoms. The molecule has 3 unspecified atom stereocenters. The lowest BCUT2D eigenvalue weighted by atomic mass is 9.57. The highest BCUT2D eigenvalue weighted by atomic mass is 32.2. The van der Waals surface area contributed by atoms with Crippen LogP contribution in [-0.4, -0.2) is 82.6 Å². The van der Waals surface area contributed by atoms with Crippen LogP contribution in [0, 0.1) is 11.3 Å². The van der Waals surface area contributed by atoms with E-state index in [1.165, 1.54) is 0 Å². The van der Waals surface area contributed by atoms with Crippen LogP contribution in [0.1, 0.15) is 25.8 Å². The minimum Gasteiger partial charge on any atom is -0.377 e. The topological polar surface area (TPSA) is 86.3 Å². The van der Waals surface area contributed by atoms with Crippen LogP contribution in [0.25, 0.3) is 0 Å². The molecular formula is C22H35N5O3S. The molecule has 3 aliphatic rings. The van der Waals surface area contributed by atoms with Crippen molar-refractivity contribution in [2.75, 3.05) is 46.9 Å². The zero-order chi connectivity index (χ0) is 22.2. The van der Waals surface area contributed by atoms with Gasteiger partial charge in [-0.15, -0.1) is 0 Å². The highest BCUT2D eigenvalue weighted by Gasteiger charge is 2.59. The quantitative estimate of drug-likeness (QED) is 0.517. The predicted molar refractivity (Wildman–Crippen MR) is 121 cm³/mol. The molecule has 0 amide bonds. The summed E-state index contributed by atoms with van der Waals surface area (Å²) in [6.45, 7) is 8.20. The van der Waals surface area contributed by atoms with E-state index in [0.29, 0.717) is 42.5 Å². The van der Waals surface area contributed by atoms with Gasteiger partial charge in [-0.05, 0) is 25.1 Å². The molecule has 172 valence electrons. The number of rotatable bonds is 5. The van der Waals surface area contributed by atoms with Gasteiger partial charge >= 0.3 is 0 Å². The van der Waals surface area contributed by atoms with Crippen LogP contribution in [0.15, 0.2) is 34.2 Å². The molecule has 4 rings (SSSR count). The SMILES string of the molecule is CN=C(NCc1ccccc1S(=O)(=O)N1CCN(C)CC1)NC1C2CCOC2C1(C)C. The van der Waals surface area contributed by atoms with Crippen molar-refractivity contribution in [3.8, 4) is 0 Å². The summed E-state index contributed by atoms with van der Waals surface area (Å²) in [4.78, 5) is 6.90. The molecule has 1 aliphatic carbocycles. The predicted octanol–water partition coefficient (Wildman–Crippen LogP) is 1.10. The van der Waals surface area contributed by atoms with E-state index in [4.69, 9.17) is 4.74 Å². The van der Waals surface area contributed by atoms with Gasteiger partial charge in [0.15, 0.2) is 5.96 Å². The maximum atomic E-state index is 13.3. The standard InChI is InChI=1S/C22H35N5O3S/c1-22(2)19(17-9-14-30-20(17)22)25-21(23-3)24-15-16-7-5-6-8-18(16)31(28,29)27-12-10-26(4)11-13-27/h5-8,17,19-20H,9-15H2,1-4H3,(H2,23,24,25). The molecule has 2 N–H and O–H groups in total. The largest absolute Gasteiger partial charge is 0.377 e. The number of nitrogens with one attached hydrogen (secondary N) is 2. The van der Waals surface area contributed by atoms with Crippen molar-refractivity contribution < 1.29 is 13.2 Å². The van der Waals surface area contributed by atoms with Crippen molar-refractivity contribution >= 4 is 16.0 Å². The van der Waals surface area contributed by atoms with Crippen molar-refractivity contribution in [2.45, 2.75) is 43.9 Å². The zero-order valence-corrected chi connectivity index (χ0v) is 19.8. The van der Waals surface area contributed by atoms with Gasteiger partial charge in [0, 0.05) is 63.8 Å². The first-order chi connectivity index (χ1) is 14.7. The Bertz CT molecular complexity index is 925. The third-order valence-corrected chi connectivity index (χ3v) is 9.11. The molecule has 1 aromatic rings. The third-order valence-electron chi connectivity index (χ3n) is 7.12. The fourth-order valence-electron chi connectivity index (χ4n) is 5.21. The van der Waals surface area contributed by atoms with E-state index in [0.717, 1.165) is 31.7 Å². The number of likely N-dealkylation sites (N-methyl/N-ethyl adjacent to an activating group) is 1. The molecule has 3 fully saturated rings. The normalized spacial score (nSPS) is 29.3. The van der Waals surface area contributed by atoms with Gasteiger partial charge in [-0.1, -0.05) is 32.0 Å². The summed E-state index contributed by atoms with van der Waals surface area (Å²) in [7, 11) is 0.236. The van der Waals surface area contributed by atoms with Gasteiger partial charge in [0.1, 0.15) is 0 Å². The first kappa shape index (κ1) is 22.5. The van der Waals surface area contributed by atoms with Crippen molar-refractivity contribution in [3.05, 3.63) is 29.8 Å². The molecule has 2 saturated heterocycles. The molecule has 1 saturated carbocycles. The fraction of sp³-hybridized carbons (Fsp3) is 0.682. The number of fused-ring (bicyclic) bond motifs is 1. The summed E-state index contributed by atoms with van der Waals surface area (Å²) in [5, 5.41) is 6.89. The lowest BCUT2D eigenvalue weighted by Gasteiger charge is -2.54. The van der Waals surface area contributed by atoms with Crippen LogP contribution in [0.4, 0.5) is 0 Å². The second-order valence-electron chi connectivity index (χ2n) is 9.43. The lowest BCUT2D eigenvalue weighted by molar-refractivity contribution is -0.106. The summed E-state index contributed by atoms with van der Waals surface area (Å²) in [5.74, 6) is 1.19. The maximum Gasteiger partial charge on any atom is 0.243 e. The number of guanidine groups is 1. The van der Waals surface area contributed by atoms with E-state index in [-0.39, 0.29) is 11.5 Å². The molecule has 3 atom stereocenters. The minimum atomic E-state index is -3.53. The van der Waals surface area contributed by atoms with Gasteiger partial charge in [-0.25, -0.2) is 8.42 Å². The molecular weight excluding hydrogens is 414 g/mol. The number of hydrogen-bond donors (Lipinski definition) is 2. The Balaban J connectivity index is 1.44. The summed E-state index contributed by atoms with van der Waals surface area (Å²) in [6.07, 6.45) is 1.37. The maximum absolute atomic E-state index is 13.3. The van der Waals surface area contributed by atoms with Gasteiger partial charge in [0.2, 0.25) is 10.0 Å². The summed E-state index contributed by atoms with van der Waals surface area (Å²) in [5.41, 5.74) is 0.792. The highest BCUT2D eigenvalue weighted by molar-refractivity contribution is 7.89. The van der Waals surface area contributed by atoms with Crippen molar-refractivity contribution in [1.82, 2.24) is 19.8 Å². The molecule has 31 heavy (non-hydrogen) atoms. The number of hydrogen-bond acceptors (Lipinski definition) is 5. The molecule has 0 radical (unpaired) electrons.